The molecule has 5 heteroatoms. The van der Waals surface area contributed by atoms with Gasteiger partial charge in [-0.1, -0.05) is 0 Å². The van der Waals surface area contributed by atoms with E-state index in [2.05, 4.69) is 4.74 Å². The summed E-state index contributed by atoms with van der Waals surface area (Å²) in [5, 5.41) is 16.9. The molecule has 0 aromatic heterocycles. The molecular weight excluding hydrogens is 152 g/mol. The van der Waals surface area contributed by atoms with E-state index in [0.29, 0.717) is 0 Å². The van der Waals surface area contributed by atoms with E-state index in [1.807, 2.05) is 0 Å². The Labute approximate surface area is 64.5 Å². The van der Waals surface area contributed by atoms with Gasteiger partial charge in [-0.3, -0.25) is 0 Å². The molecular formula is C6H12O5. The van der Waals surface area contributed by atoms with Crippen molar-refractivity contribution in [2.24, 2.45) is 0 Å². The van der Waals surface area contributed by atoms with Gasteiger partial charge in [0.05, 0.1) is 20.3 Å². The van der Waals surface area contributed by atoms with Crippen LogP contribution in [0, 0.1) is 0 Å². The van der Waals surface area contributed by atoms with Crippen molar-refractivity contribution >= 4 is 5.97 Å². The highest BCUT2D eigenvalue weighted by Gasteiger charge is 2.08. The fourth-order valence-electron chi connectivity index (χ4n) is 0.408. The number of aliphatic hydroxyl groups excluding tert-OH is 2. The molecule has 0 atom stereocenters. The summed E-state index contributed by atoms with van der Waals surface area (Å²) in [5.41, 5.74) is 0. The van der Waals surface area contributed by atoms with Crippen LogP contribution in [0.1, 0.15) is 0 Å². The van der Waals surface area contributed by atoms with Crippen LogP contribution < -0.4 is 0 Å². The van der Waals surface area contributed by atoms with E-state index < -0.39 is 12.1 Å². The summed E-state index contributed by atoms with van der Waals surface area (Å²) in [5.74, 6) is -0.531. The predicted molar refractivity (Wildman–Crippen MR) is 35.9 cm³/mol. The van der Waals surface area contributed by atoms with Gasteiger partial charge in [-0.25, -0.2) is 4.79 Å². The third-order valence-corrected chi connectivity index (χ3v) is 1.07. The Hall–Kier alpha value is -0.650. The van der Waals surface area contributed by atoms with Gasteiger partial charge in [0.2, 0.25) is 0 Å². The fraction of sp³-hybridized carbons (Fsp3) is 0.833. The van der Waals surface area contributed by atoms with Crippen LogP contribution in [0.25, 0.3) is 0 Å². The van der Waals surface area contributed by atoms with Crippen LogP contribution in [0.15, 0.2) is 0 Å². The van der Waals surface area contributed by atoms with Gasteiger partial charge < -0.3 is 19.7 Å². The molecule has 0 unspecified atom stereocenters. The highest BCUT2D eigenvalue weighted by molar-refractivity contribution is 5.70. The molecule has 0 amide bonds. The minimum atomic E-state index is -0.700. The van der Waals surface area contributed by atoms with Gasteiger partial charge in [-0.2, -0.15) is 0 Å². The molecule has 0 aliphatic rings. The standard InChI is InChI=1S/C6H12O5/c1-10-6(9)4-11-5(2-7)3-8/h5,7-8H,2-4H2,1H3. The number of aliphatic hydroxyl groups is 2. The molecule has 0 fully saturated rings. The smallest absolute Gasteiger partial charge is 0.331 e. The Morgan fingerprint density at radius 2 is 2.00 bits per heavy atom. The number of hydrogen-bond donors (Lipinski definition) is 2. The Bertz CT molecular complexity index is 110. The summed E-state index contributed by atoms with van der Waals surface area (Å²) >= 11 is 0. The van der Waals surface area contributed by atoms with Crippen LogP contribution in [0.4, 0.5) is 0 Å². The maximum absolute atomic E-state index is 10.4. The molecule has 0 radical (unpaired) electrons. The van der Waals surface area contributed by atoms with Crippen molar-refractivity contribution in [3.05, 3.63) is 0 Å². The molecule has 0 spiro atoms. The quantitative estimate of drug-likeness (QED) is 0.485. The van der Waals surface area contributed by atoms with Crippen molar-refractivity contribution in [3.8, 4) is 0 Å². The maximum atomic E-state index is 10.4. The van der Waals surface area contributed by atoms with E-state index in [1.165, 1.54) is 7.11 Å². The molecule has 0 saturated carbocycles. The maximum Gasteiger partial charge on any atom is 0.331 e. The van der Waals surface area contributed by atoms with Gasteiger partial charge in [0.25, 0.3) is 0 Å². The zero-order valence-corrected chi connectivity index (χ0v) is 6.32. The van der Waals surface area contributed by atoms with E-state index in [0.717, 1.165) is 0 Å². The highest BCUT2D eigenvalue weighted by Crippen LogP contribution is 1.89. The number of esters is 1. The third-order valence-electron chi connectivity index (χ3n) is 1.07. The molecule has 0 bridgehead atoms. The first-order valence-corrected chi connectivity index (χ1v) is 3.14. The summed E-state index contributed by atoms with van der Waals surface area (Å²) in [6, 6.07) is 0. The Morgan fingerprint density at radius 1 is 1.45 bits per heavy atom. The predicted octanol–water partition coefficient (Wildman–Crippen LogP) is -1.47. The van der Waals surface area contributed by atoms with Crippen molar-refractivity contribution < 1.29 is 24.5 Å². The molecule has 11 heavy (non-hydrogen) atoms. The number of rotatable bonds is 5. The second kappa shape index (κ2) is 6.09. The van der Waals surface area contributed by atoms with Gasteiger partial charge in [-0.15, -0.1) is 0 Å². The van der Waals surface area contributed by atoms with Crippen LogP contribution in [-0.2, 0) is 14.3 Å². The topological polar surface area (TPSA) is 76.0 Å². The number of carbonyl (C=O) groups is 1. The third kappa shape index (κ3) is 4.72. The summed E-state index contributed by atoms with van der Waals surface area (Å²) in [6.07, 6.45) is -0.700. The Kier molecular flexibility index (Phi) is 5.73. The first-order chi connectivity index (χ1) is 5.24. The summed E-state index contributed by atoms with van der Waals surface area (Å²) in [4.78, 5) is 10.4. The first kappa shape index (κ1) is 10.3. The van der Waals surface area contributed by atoms with Crippen LogP contribution in [0.2, 0.25) is 0 Å². The second-order valence-electron chi connectivity index (χ2n) is 1.87. The molecule has 0 aromatic carbocycles. The number of ether oxygens (including phenoxy) is 2. The van der Waals surface area contributed by atoms with Gasteiger partial charge in [-0.05, 0) is 0 Å². The average molecular weight is 164 g/mol. The number of carbonyl (C=O) groups excluding carboxylic acids is 1. The summed E-state index contributed by atoms with van der Waals surface area (Å²) < 4.78 is 8.98. The largest absolute Gasteiger partial charge is 0.467 e. The zero-order chi connectivity index (χ0) is 8.69. The van der Waals surface area contributed by atoms with Crippen LogP contribution in [-0.4, -0.2) is 49.2 Å². The molecule has 0 aliphatic carbocycles. The van der Waals surface area contributed by atoms with Crippen molar-refractivity contribution in [1.29, 1.82) is 0 Å². The SMILES string of the molecule is COC(=O)COC(CO)CO. The zero-order valence-electron chi connectivity index (χ0n) is 6.32. The van der Waals surface area contributed by atoms with Crippen molar-refractivity contribution in [1.82, 2.24) is 0 Å². The van der Waals surface area contributed by atoms with Crippen molar-refractivity contribution in [2.75, 3.05) is 26.9 Å². The Balaban J connectivity index is 3.42. The molecule has 66 valence electrons. The van der Waals surface area contributed by atoms with Crippen molar-refractivity contribution in [3.63, 3.8) is 0 Å². The van der Waals surface area contributed by atoms with E-state index in [9.17, 15) is 4.79 Å². The Morgan fingerprint density at radius 3 is 2.36 bits per heavy atom. The molecule has 0 aromatic rings. The van der Waals surface area contributed by atoms with E-state index in [4.69, 9.17) is 14.9 Å². The van der Waals surface area contributed by atoms with Gasteiger partial charge in [0, 0.05) is 0 Å². The molecule has 0 heterocycles. The first-order valence-electron chi connectivity index (χ1n) is 3.14. The van der Waals surface area contributed by atoms with Gasteiger partial charge >= 0.3 is 5.97 Å². The average Bonchev–Trinajstić information content (AvgIpc) is 2.06. The molecule has 0 saturated heterocycles. The van der Waals surface area contributed by atoms with Gasteiger partial charge in [0.1, 0.15) is 12.7 Å². The summed E-state index contributed by atoms with van der Waals surface area (Å²) in [7, 11) is 1.23. The lowest BCUT2D eigenvalue weighted by molar-refractivity contribution is -0.149. The molecule has 0 aliphatic heterocycles. The van der Waals surface area contributed by atoms with E-state index in [1.54, 1.807) is 0 Å². The fourth-order valence-corrected chi connectivity index (χ4v) is 0.408. The van der Waals surface area contributed by atoms with Crippen LogP contribution in [0.3, 0.4) is 0 Å². The van der Waals surface area contributed by atoms with Crippen molar-refractivity contribution in [2.45, 2.75) is 6.10 Å². The highest BCUT2D eigenvalue weighted by atomic mass is 16.6. The van der Waals surface area contributed by atoms with Crippen LogP contribution >= 0.6 is 0 Å². The molecule has 0 rings (SSSR count). The lowest BCUT2D eigenvalue weighted by Crippen LogP contribution is -2.25. The molecule has 5 nitrogen and oxygen atoms in total. The molecule has 2 N–H and O–H groups in total. The number of hydrogen-bond acceptors (Lipinski definition) is 5. The normalized spacial score (nSPS) is 10.2. The van der Waals surface area contributed by atoms with E-state index in [-0.39, 0.29) is 19.8 Å². The minimum Gasteiger partial charge on any atom is -0.467 e. The lowest BCUT2D eigenvalue weighted by Gasteiger charge is -2.10. The van der Waals surface area contributed by atoms with Crippen LogP contribution in [0.5, 0.6) is 0 Å². The summed E-state index contributed by atoms with van der Waals surface area (Å²) in [6.45, 7) is -0.872. The van der Waals surface area contributed by atoms with Gasteiger partial charge in [0.15, 0.2) is 0 Å². The van der Waals surface area contributed by atoms with E-state index >= 15 is 0 Å². The lowest BCUT2D eigenvalue weighted by atomic mass is 10.4. The monoisotopic (exact) mass is 164 g/mol. The number of methoxy groups -OCH3 is 1. The minimum absolute atomic E-state index is 0.248. The second-order valence-corrected chi connectivity index (χ2v) is 1.87.